The number of hydrazine groups is 1. The lowest BCUT2D eigenvalue weighted by Crippen LogP contribution is -2.55. The number of alkyl halides is 1. The third-order valence-electron chi connectivity index (χ3n) is 6.32. The van der Waals surface area contributed by atoms with Crippen molar-refractivity contribution in [2.24, 2.45) is 0 Å². The maximum Gasteiger partial charge on any atom is 0.134 e. The van der Waals surface area contributed by atoms with Crippen molar-refractivity contribution in [3.8, 4) is 11.1 Å². The Morgan fingerprint density at radius 3 is 2.42 bits per heavy atom. The first-order valence-electron chi connectivity index (χ1n) is 10.8. The third kappa shape index (κ3) is 4.49. The van der Waals surface area contributed by atoms with Crippen LogP contribution < -0.4 is 4.72 Å². The number of benzene rings is 2. The van der Waals surface area contributed by atoms with E-state index in [1.807, 2.05) is 5.01 Å². The normalized spacial score (nSPS) is 26.9. The number of hydrogen-bond donors (Lipinski definition) is 1. The van der Waals surface area contributed by atoms with Crippen LogP contribution in [0.3, 0.4) is 0 Å². The largest absolute Gasteiger partial charge is 0.256 e. The third-order valence-corrected chi connectivity index (χ3v) is 7.53. The zero-order valence-corrected chi connectivity index (χ0v) is 17.9. The van der Waals surface area contributed by atoms with E-state index in [0.717, 1.165) is 50.6 Å². The fourth-order valence-corrected chi connectivity index (χ4v) is 5.40. The molecule has 0 amide bonds. The van der Waals surface area contributed by atoms with E-state index >= 15 is 4.39 Å². The molecule has 3 unspecified atom stereocenters. The fraction of sp³-hybridized carbons (Fsp3) is 0.478. The van der Waals surface area contributed by atoms with Gasteiger partial charge < -0.3 is 0 Å². The molecule has 2 aliphatic heterocycles. The molecule has 2 aromatic carbocycles. The Hall–Kier alpha value is -1.61. The smallest absolute Gasteiger partial charge is 0.134 e. The first-order valence-corrected chi connectivity index (χ1v) is 11.7. The van der Waals surface area contributed by atoms with Crippen LogP contribution in [0.1, 0.15) is 24.8 Å². The first-order chi connectivity index (χ1) is 15.0. The van der Waals surface area contributed by atoms with E-state index < -0.39 is 29.7 Å². The van der Waals surface area contributed by atoms with E-state index in [1.54, 1.807) is 24.1 Å². The van der Waals surface area contributed by atoms with Crippen LogP contribution in [-0.4, -0.2) is 53.2 Å². The van der Waals surface area contributed by atoms with Crippen LogP contribution in [0.4, 0.5) is 17.6 Å². The summed E-state index contributed by atoms with van der Waals surface area (Å²) in [5, 5.41) is 4.73. The second-order valence-corrected chi connectivity index (χ2v) is 9.75. The van der Waals surface area contributed by atoms with Crippen LogP contribution in [0, 0.1) is 17.5 Å². The highest BCUT2D eigenvalue weighted by Gasteiger charge is 2.46. The molecule has 31 heavy (non-hydrogen) atoms. The summed E-state index contributed by atoms with van der Waals surface area (Å²) in [7, 11) is 0. The van der Waals surface area contributed by atoms with Crippen LogP contribution in [0.25, 0.3) is 11.1 Å². The fourth-order valence-electron chi connectivity index (χ4n) is 4.38. The first kappa shape index (κ1) is 21.2. The predicted molar refractivity (Wildman–Crippen MR) is 115 cm³/mol. The van der Waals surface area contributed by atoms with Crippen LogP contribution >= 0.6 is 11.9 Å². The molecule has 2 aromatic rings. The van der Waals surface area contributed by atoms with Crippen molar-refractivity contribution in [3.05, 3.63) is 59.4 Å². The van der Waals surface area contributed by atoms with Gasteiger partial charge in [-0.15, -0.1) is 0 Å². The Bertz CT molecular complexity index is 930. The van der Waals surface area contributed by atoms with E-state index in [-0.39, 0.29) is 17.2 Å². The van der Waals surface area contributed by atoms with Crippen LogP contribution in [-0.2, 0) is 6.42 Å². The summed E-state index contributed by atoms with van der Waals surface area (Å²) < 4.78 is 61.1. The van der Waals surface area contributed by atoms with Gasteiger partial charge in [-0.2, -0.15) is 0 Å². The Labute approximate surface area is 183 Å². The Balaban J connectivity index is 1.43. The topological polar surface area (TPSA) is 18.5 Å². The molecule has 0 spiro atoms. The molecule has 166 valence electrons. The number of rotatable bonds is 7. The van der Waals surface area contributed by atoms with Crippen LogP contribution in [0.2, 0.25) is 0 Å². The van der Waals surface area contributed by atoms with Gasteiger partial charge in [-0.05, 0) is 48.9 Å². The molecule has 3 fully saturated rings. The summed E-state index contributed by atoms with van der Waals surface area (Å²) in [5.41, 5.74) is 0.735. The quantitative estimate of drug-likeness (QED) is 0.485. The molecular weight excluding hydrogens is 426 g/mol. The van der Waals surface area contributed by atoms with Crippen molar-refractivity contribution in [2.75, 3.05) is 19.6 Å². The molecule has 8 heteroatoms. The highest BCUT2D eigenvalue weighted by molar-refractivity contribution is 7.98. The summed E-state index contributed by atoms with van der Waals surface area (Å²) in [6.45, 7) is 2.07. The van der Waals surface area contributed by atoms with Gasteiger partial charge in [0, 0.05) is 42.6 Å². The van der Waals surface area contributed by atoms with Crippen LogP contribution in [0.15, 0.2) is 36.4 Å². The minimum Gasteiger partial charge on any atom is -0.256 e. The Morgan fingerprint density at radius 2 is 1.77 bits per heavy atom. The second kappa shape index (κ2) is 8.73. The summed E-state index contributed by atoms with van der Waals surface area (Å²) in [4.78, 5) is 0. The minimum atomic E-state index is -1.04. The molecule has 5 rings (SSSR count). The number of nitrogens with one attached hydrogen (secondary N) is 1. The molecule has 3 nitrogen and oxygen atoms in total. The van der Waals surface area contributed by atoms with Gasteiger partial charge in [-0.1, -0.05) is 30.1 Å². The zero-order chi connectivity index (χ0) is 21.5. The van der Waals surface area contributed by atoms with Gasteiger partial charge in [0.05, 0.1) is 6.04 Å². The van der Waals surface area contributed by atoms with Crippen LogP contribution in [0.5, 0.6) is 0 Å². The van der Waals surface area contributed by atoms with Crippen molar-refractivity contribution < 1.29 is 17.6 Å². The summed E-state index contributed by atoms with van der Waals surface area (Å²) in [6.07, 6.45) is 2.63. The summed E-state index contributed by atoms with van der Waals surface area (Å²) >= 11 is 1.59. The maximum atomic E-state index is 15.5. The molecule has 1 saturated carbocycles. The lowest BCUT2D eigenvalue weighted by molar-refractivity contribution is -0.0853. The SMILES string of the molecule is Fc1cc(F)cc(-c2cccc(CC3C(NSC4CC4)C(F)CN3N3CCC3)c2F)c1. The van der Waals surface area contributed by atoms with Gasteiger partial charge in [-0.3, -0.25) is 4.72 Å². The molecule has 2 heterocycles. The average molecular weight is 452 g/mol. The van der Waals surface area contributed by atoms with E-state index in [4.69, 9.17) is 0 Å². The van der Waals surface area contributed by atoms with Gasteiger partial charge in [-0.25, -0.2) is 27.6 Å². The number of halogens is 4. The van der Waals surface area contributed by atoms with E-state index in [9.17, 15) is 13.2 Å². The average Bonchev–Trinajstić information content (AvgIpc) is 3.45. The molecule has 2 saturated heterocycles. The Morgan fingerprint density at radius 1 is 1.03 bits per heavy atom. The monoisotopic (exact) mass is 451 g/mol. The van der Waals surface area contributed by atoms with Gasteiger partial charge in [0.15, 0.2) is 0 Å². The molecule has 3 aliphatic rings. The molecule has 0 radical (unpaired) electrons. The van der Waals surface area contributed by atoms with E-state index in [1.165, 1.54) is 6.07 Å². The number of nitrogens with zero attached hydrogens (tertiary/aromatic N) is 2. The standard InChI is InChI=1S/C23H25F4N3S/c24-16-9-15(10-17(25)12-16)19-4-1-3-14(22(19)27)11-21-23(28-31-18-5-6-18)20(26)13-30(21)29-7-2-8-29/h1,3-4,9-10,12,18,20-21,23,28H,2,5-8,11,13H2. The minimum absolute atomic E-state index is 0.151. The number of hydrogen-bond acceptors (Lipinski definition) is 4. The highest BCUT2D eigenvalue weighted by atomic mass is 32.2. The molecule has 1 aliphatic carbocycles. The zero-order valence-electron chi connectivity index (χ0n) is 17.0. The van der Waals surface area contributed by atoms with Crippen molar-refractivity contribution in [2.45, 2.75) is 49.2 Å². The lowest BCUT2D eigenvalue weighted by Gasteiger charge is -2.42. The predicted octanol–water partition coefficient (Wildman–Crippen LogP) is 4.73. The van der Waals surface area contributed by atoms with Crippen molar-refractivity contribution in [3.63, 3.8) is 0 Å². The molecule has 3 atom stereocenters. The van der Waals surface area contributed by atoms with Gasteiger partial charge in [0.25, 0.3) is 0 Å². The highest BCUT2D eigenvalue weighted by Crippen LogP contribution is 2.36. The van der Waals surface area contributed by atoms with Crippen molar-refractivity contribution in [1.29, 1.82) is 0 Å². The molecular formula is C23H25F4N3S. The molecule has 0 aromatic heterocycles. The van der Waals surface area contributed by atoms with E-state index in [0.29, 0.717) is 23.8 Å². The van der Waals surface area contributed by atoms with Crippen molar-refractivity contribution >= 4 is 11.9 Å². The van der Waals surface area contributed by atoms with E-state index in [2.05, 4.69) is 9.73 Å². The summed E-state index contributed by atoms with van der Waals surface area (Å²) in [6, 6.07) is 7.28. The summed E-state index contributed by atoms with van der Waals surface area (Å²) in [5.74, 6) is -2.01. The second-order valence-electron chi connectivity index (χ2n) is 8.61. The molecule has 1 N–H and O–H groups in total. The van der Waals surface area contributed by atoms with Gasteiger partial charge in [0.2, 0.25) is 0 Å². The lowest BCUT2D eigenvalue weighted by atomic mass is 9.96. The maximum absolute atomic E-state index is 15.5. The molecule has 0 bridgehead atoms. The van der Waals surface area contributed by atoms with Gasteiger partial charge >= 0.3 is 0 Å². The van der Waals surface area contributed by atoms with Crippen molar-refractivity contribution in [1.82, 2.24) is 14.7 Å². The Kier molecular flexibility index (Phi) is 5.98. The van der Waals surface area contributed by atoms with Gasteiger partial charge in [0.1, 0.15) is 23.6 Å².